The second kappa shape index (κ2) is 6.87. The molecule has 1 unspecified atom stereocenters. The highest BCUT2D eigenvalue weighted by Gasteiger charge is 2.20. The molecule has 3 rings (SSSR count). The third-order valence-electron chi connectivity index (χ3n) is 3.83. The molecule has 0 saturated carbocycles. The summed E-state index contributed by atoms with van der Waals surface area (Å²) in [4.78, 5) is 15.8. The van der Waals surface area contributed by atoms with Crippen molar-refractivity contribution >= 4 is 22.9 Å². The van der Waals surface area contributed by atoms with Gasteiger partial charge in [0.2, 0.25) is 0 Å². The number of nitrogens with zero attached hydrogens (tertiary/aromatic N) is 4. The van der Waals surface area contributed by atoms with E-state index in [-0.39, 0.29) is 0 Å². The number of hydrogen-bond acceptors (Lipinski definition) is 5. The number of aliphatic hydroxyl groups excluding tert-OH is 1. The maximum absolute atomic E-state index is 10.5. The number of hydrogen-bond donors (Lipinski definition) is 1. The Bertz CT molecular complexity index is 748. The molecule has 5 nitrogen and oxygen atoms in total. The van der Waals surface area contributed by atoms with Gasteiger partial charge >= 0.3 is 0 Å². The predicted molar refractivity (Wildman–Crippen MR) is 93.1 cm³/mol. The summed E-state index contributed by atoms with van der Waals surface area (Å²) in [5.74, 6) is 0.796. The van der Waals surface area contributed by atoms with Crippen molar-refractivity contribution in [3.63, 3.8) is 0 Å². The maximum Gasteiger partial charge on any atom is 0.192 e. The van der Waals surface area contributed by atoms with Gasteiger partial charge in [-0.1, -0.05) is 26.0 Å². The Hall–Kier alpha value is -2.27. The van der Waals surface area contributed by atoms with E-state index in [1.165, 1.54) is 0 Å². The molecule has 0 saturated heterocycles. The van der Waals surface area contributed by atoms with Gasteiger partial charge in [-0.25, -0.2) is 15.0 Å². The number of aliphatic hydroxyl groups is 1. The molecular formula is C18H22N4O. The van der Waals surface area contributed by atoms with E-state index in [0.717, 1.165) is 42.8 Å². The molecule has 1 aromatic carbocycles. The summed E-state index contributed by atoms with van der Waals surface area (Å²) in [5, 5.41) is 10.5. The number of aliphatic imine (C=N–C) groups is 1. The highest BCUT2D eigenvalue weighted by atomic mass is 16.3. The van der Waals surface area contributed by atoms with Crippen molar-refractivity contribution in [2.45, 2.75) is 32.9 Å². The number of aromatic nitrogens is 2. The molecule has 2 aromatic rings. The molecule has 0 fully saturated rings. The van der Waals surface area contributed by atoms with Crippen LogP contribution in [0.5, 0.6) is 0 Å². The maximum atomic E-state index is 10.5. The Kier molecular flexibility index (Phi) is 4.67. The predicted octanol–water partition coefficient (Wildman–Crippen LogP) is 3.17. The molecule has 120 valence electrons. The molecule has 0 amide bonds. The minimum atomic E-state index is -0.983. The van der Waals surface area contributed by atoms with Gasteiger partial charge in [-0.2, -0.15) is 0 Å². The molecule has 2 heterocycles. The molecule has 1 atom stereocenters. The minimum absolute atomic E-state index is 0.517. The minimum Gasteiger partial charge on any atom is -0.367 e. The number of benzene rings is 1. The molecule has 0 aliphatic carbocycles. The second-order valence-corrected chi connectivity index (χ2v) is 5.66. The van der Waals surface area contributed by atoms with E-state index in [9.17, 15) is 5.11 Å². The number of amidine groups is 1. The van der Waals surface area contributed by atoms with Crippen molar-refractivity contribution in [2.75, 3.05) is 13.1 Å². The van der Waals surface area contributed by atoms with Crippen molar-refractivity contribution in [3.8, 4) is 0 Å². The smallest absolute Gasteiger partial charge is 0.192 e. The van der Waals surface area contributed by atoms with Gasteiger partial charge in [0.15, 0.2) is 6.23 Å². The van der Waals surface area contributed by atoms with E-state index in [1.807, 2.05) is 36.4 Å². The fraction of sp³-hybridized carbons (Fsp3) is 0.389. The molecule has 1 aromatic heterocycles. The number of rotatable bonds is 4. The summed E-state index contributed by atoms with van der Waals surface area (Å²) in [6, 6.07) is 7.68. The topological polar surface area (TPSA) is 61.6 Å². The zero-order chi connectivity index (χ0) is 16.2. The molecule has 1 aliphatic heterocycles. The van der Waals surface area contributed by atoms with Crippen molar-refractivity contribution in [2.24, 2.45) is 4.99 Å². The number of fused-ring (bicyclic) bond motifs is 2. The largest absolute Gasteiger partial charge is 0.367 e. The quantitative estimate of drug-likeness (QED) is 0.942. The van der Waals surface area contributed by atoms with Crippen molar-refractivity contribution in [3.05, 3.63) is 41.7 Å². The molecule has 0 radical (unpaired) electrons. The first-order valence-corrected chi connectivity index (χ1v) is 8.18. The summed E-state index contributed by atoms with van der Waals surface area (Å²) < 4.78 is 0. The van der Waals surface area contributed by atoms with Crippen LogP contribution in [-0.2, 0) is 0 Å². The van der Waals surface area contributed by atoms with Gasteiger partial charge in [0.1, 0.15) is 11.5 Å². The van der Waals surface area contributed by atoms with Gasteiger partial charge in [0.05, 0.1) is 16.7 Å². The van der Waals surface area contributed by atoms with Crippen LogP contribution in [0.1, 0.15) is 44.3 Å². The first-order valence-electron chi connectivity index (χ1n) is 8.18. The monoisotopic (exact) mass is 310 g/mol. The fourth-order valence-corrected chi connectivity index (χ4v) is 2.79. The molecule has 1 N–H and O–H groups in total. The van der Waals surface area contributed by atoms with Crippen molar-refractivity contribution < 1.29 is 5.11 Å². The Morgan fingerprint density at radius 3 is 2.30 bits per heavy atom. The van der Waals surface area contributed by atoms with Crippen LogP contribution in [0.15, 0.2) is 35.3 Å². The first kappa shape index (κ1) is 15.6. The summed E-state index contributed by atoms with van der Waals surface area (Å²) in [6.07, 6.45) is 4.93. The van der Waals surface area contributed by atoms with Gasteiger partial charge in [0, 0.05) is 13.1 Å². The van der Waals surface area contributed by atoms with Gasteiger partial charge in [-0.3, -0.25) is 0 Å². The average molecular weight is 310 g/mol. The van der Waals surface area contributed by atoms with Crippen LogP contribution in [0.4, 0.5) is 0 Å². The third kappa shape index (κ3) is 3.24. The first-order chi connectivity index (χ1) is 11.2. The second-order valence-electron chi connectivity index (χ2n) is 5.66. The lowest BCUT2D eigenvalue weighted by Gasteiger charge is -2.23. The van der Waals surface area contributed by atoms with Crippen LogP contribution in [0.25, 0.3) is 17.1 Å². The molecule has 23 heavy (non-hydrogen) atoms. The normalized spacial score (nSPS) is 16.8. The van der Waals surface area contributed by atoms with Gasteiger partial charge in [-0.05, 0) is 37.1 Å². The van der Waals surface area contributed by atoms with E-state index in [4.69, 9.17) is 0 Å². The van der Waals surface area contributed by atoms with Crippen LogP contribution in [0.3, 0.4) is 0 Å². The lowest BCUT2D eigenvalue weighted by molar-refractivity contribution is 0.181. The molecule has 0 bridgehead atoms. The Labute approximate surface area is 136 Å². The highest BCUT2D eigenvalue weighted by molar-refractivity contribution is 5.97. The van der Waals surface area contributed by atoms with Crippen molar-refractivity contribution in [1.82, 2.24) is 14.9 Å². The molecular weight excluding hydrogens is 288 g/mol. The van der Waals surface area contributed by atoms with E-state index >= 15 is 0 Å². The summed E-state index contributed by atoms with van der Waals surface area (Å²) in [5.41, 5.74) is 2.80. The van der Waals surface area contributed by atoms with Gasteiger partial charge in [0.25, 0.3) is 0 Å². The van der Waals surface area contributed by atoms with E-state index in [1.54, 1.807) is 0 Å². The molecule has 1 aliphatic rings. The zero-order valence-corrected chi connectivity index (χ0v) is 13.6. The van der Waals surface area contributed by atoms with Gasteiger partial charge < -0.3 is 10.0 Å². The summed E-state index contributed by atoms with van der Waals surface area (Å²) >= 11 is 0. The average Bonchev–Trinajstić information content (AvgIpc) is 2.72. The molecule has 0 spiro atoms. The van der Waals surface area contributed by atoms with Gasteiger partial charge in [-0.15, -0.1) is 0 Å². The SMILES string of the molecule is CCCN(CCC)C1=NC(O)c2nc3ccccc3nc2C=C1. The number of para-hydroxylation sites is 2. The zero-order valence-electron chi connectivity index (χ0n) is 13.6. The molecule has 5 heteroatoms. The Morgan fingerprint density at radius 2 is 1.65 bits per heavy atom. The highest BCUT2D eigenvalue weighted by Crippen LogP contribution is 2.24. The standard InChI is InChI=1S/C18H22N4O/c1-3-11-22(12-4-2)16-10-9-15-17(18(23)21-16)20-14-8-6-5-7-13(14)19-15/h5-10,18,23H,3-4,11-12H2,1-2H3. The van der Waals surface area contributed by atoms with Crippen LogP contribution in [0, 0.1) is 0 Å². The lowest BCUT2D eigenvalue weighted by atomic mass is 10.2. The fourth-order valence-electron chi connectivity index (χ4n) is 2.79. The Balaban J connectivity index is 2.01. The third-order valence-corrected chi connectivity index (χ3v) is 3.83. The van der Waals surface area contributed by atoms with E-state index in [0.29, 0.717) is 11.4 Å². The van der Waals surface area contributed by atoms with E-state index in [2.05, 4.69) is 33.7 Å². The lowest BCUT2D eigenvalue weighted by Crippen LogP contribution is -2.31. The Morgan fingerprint density at radius 1 is 1.00 bits per heavy atom. The summed E-state index contributed by atoms with van der Waals surface area (Å²) in [6.45, 7) is 6.13. The van der Waals surface area contributed by atoms with E-state index < -0.39 is 6.23 Å². The van der Waals surface area contributed by atoms with Crippen LogP contribution < -0.4 is 0 Å². The summed E-state index contributed by atoms with van der Waals surface area (Å²) in [7, 11) is 0. The van der Waals surface area contributed by atoms with Crippen LogP contribution in [0.2, 0.25) is 0 Å². The van der Waals surface area contributed by atoms with Crippen LogP contribution >= 0.6 is 0 Å². The van der Waals surface area contributed by atoms with Crippen molar-refractivity contribution in [1.29, 1.82) is 0 Å². The van der Waals surface area contributed by atoms with Crippen LogP contribution in [-0.4, -0.2) is 38.9 Å².